The first kappa shape index (κ1) is 16.8. The molecule has 0 radical (unpaired) electrons. The zero-order valence-electron chi connectivity index (χ0n) is 11.4. The Hall–Kier alpha value is -2.25. The van der Waals surface area contributed by atoms with E-state index in [1.165, 1.54) is 25.2 Å². The molecule has 0 saturated heterocycles. The molecule has 0 aliphatic heterocycles. The topological polar surface area (TPSA) is 110 Å². The lowest BCUT2D eigenvalue weighted by atomic mass is 9.76. The monoisotopic (exact) mass is 300 g/mol. The molecule has 0 aromatic rings. The molecule has 21 heavy (non-hydrogen) atoms. The fourth-order valence-corrected chi connectivity index (χ4v) is 2.24. The van der Waals surface area contributed by atoms with E-state index in [9.17, 15) is 29.2 Å². The van der Waals surface area contributed by atoms with Crippen molar-refractivity contribution < 1.29 is 28.7 Å². The molecule has 1 aliphatic rings. The third-order valence-corrected chi connectivity index (χ3v) is 3.21. The van der Waals surface area contributed by atoms with Gasteiger partial charge in [-0.25, -0.2) is 4.39 Å². The Labute approximate surface area is 120 Å². The summed E-state index contributed by atoms with van der Waals surface area (Å²) < 4.78 is 19.4. The molecule has 3 unspecified atom stereocenters. The third kappa shape index (κ3) is 4.11. The van der Waals surface area contributed by atoms with Crippen molar-refractivity contribution in [1.82, 2.24) is 0 Å². The Morgan fingerprint density at radius 1 is 1.48 bits per heavy atom. The second kappa shape index (κ2) is 6.96. The molecule has 0 spiro atoms. The molecule has 1 rings (SSSR count). The first-order chi connectivity index (χ1) is 9.81. The number of carboxylic acid groups (broad SMARTS) is 1. The summed E-state index contributed by atoms with van der Waals surface area (Å²) in [6.45, 7) is 0.302. The number of ether oxygens (including phenoxy) is 1. The Morgan fingerprint density at radius 3 is 2.57 bits per heavy atom. The highest BCUT2D eigenvalue weighted by Crippen LogP contribution is 2.36. The van der Waals surface area contributed by atoms with Gasteiger partial charge in [-0.05, 0) is 13.0 Å². The van der Waals surface area contributed by atoms with Crippen LogP contribution in [-0.2, 0) is 14.3 Å². The quantitative estimate of drug-likeness (QED) is 0.284. The summed E-state index contributed by atoms with van der Waals surface area (Å²) in [7, 11) is 0. The smallest absolute Gasteiger partial charge is 0.315 e. The molecule has 0 bridgehead atoms. The SMILES string of the molecule is CCOC(=O)C(C(=O)[O-])C(C[N+](=O)[O-])C1(F)C=CC=CC1. The van der Waals surface area contributed by atoms with Crippen molar-refractivity contribution in [2.75, 3.05) is 13.2 Å². The second-order valence-corrected chi connectivity index (χ2v) is 4.59. The van der Waals surface area contributed by atoms with E-state index in [0.29, 0.717) is 0 Å². The van der Waals surface area contributed by atoms with Gasteiger partial charge in [0, 0.05) is 11.3 Å². The lowest BCUT2D eigenvalue weighted by molar-refractivity contribution is -0.493. The summed E-state index contributed by atoms with van der Waals surface area (Å²) in [4.78, 5) is 32.8. The van der Waals surface area contributed by atoms with Gasteiger partial charge < -0.3 is 14.6 Å². The summed E-state index contributed by atoms with van der Waals surface area (Å²) in [6.07, 6.45) is 5.01. The number of halogens is 1. The Bertz CT molecular complexity index is 489. The highest BCUT2D eigenvalue weighted by molar-refractivity contribution is 5.93. The number of carbonyl (C=O) groups excluding carboxylic acids is 2. The first-order valence-electron chi connectivity index (χ1n) is 6.34. The van der Waals surface area contributed by atoms with E-state index in [0.717, 1.165) is 6.08 Å². The van der Waals surface area contributed by atoms with Crippen LogP contribution < -0.4 is 5.11 Å². The van der Waals surface area contributed by atoms with E-state index >= 15 is 0 Å². The van der Waals surface area contributed by atoms with Crippen molar-refractivity contribution in [2.24, 2.45) is 11.8 Å². The van der Waals surface area contributed by atoms with Crippen LogP contribution in [0.15, 0.2) is 24.3 Å². The van der Waals surface area contributed by atoms with Crippen molar-refractivity contribution in [1.29, 1.82) is 0 Å². The number of alkyl halides is 1. The van der Waals surface area contributed by atoms with E-state index < -0.39 is 40.9 Å². The number of aliphatic carboxylic acids is 1. The molecule has 0 N–H and O–H groups in total. The highest BCUT2D eigenvalue weighted by atomic mass is 19.1. The molecular formula is C13H15FNO6-. The molecule has 3 atom stereocenters. The maximum Gasteiger partial charge on any atom is 0.315 e. The number of rotatable bonds is 7. The number of nitrogens with zero attached hydrogens (tertiary/aromatic N) is 1. The molecule has 7 nitrogen and oxygen atoms in total. The molecule has 0 amide bonds. The first-order valence-corrected chi connectivity index (χ1v) is 6.34. The van der Waals surface area contributed by atoms with Crippen LogP contribution in [0, 0.1) is 22.0 Å². The molecular weight excluding hydrogens is 285 g/mol. The number of hydrogen-bond donors (Lipinski definition) is 0. The molecule has 0 aromatic carbocycles. The maximum atomic E-state index is 14.9. The van der Waals surface area contributed by atoms with Crippen LogP contribution in [0.4, 0.5) is 4.39 Å². The molecule has 0 saturated carbocycles. The van der Waals surface area contributed by atoms with Gasteiger partial charge in [-0.2, -0.15) is 0 Å². The van der Waals surface area contributed by atoms with Crippen molar-refractivity contribution in [3.05, 3.63) is 34.4 Å². The minimum atomic E-state index is -2.32. The van der Waals surface area contributed by atoms with Crippen molar-refractivity contribution in [2.45, 2.75) is 19.0 Å². The molecule has 8 heteroatoms. The Morgan fingerprint density at radius 2 is 2.14 bits per heavy atom. The lowest BCUT2D eigenvalue weighted by Crippen LogP contribution is -2.51. The fourth-order valence-electron chi connectivity index (χ4n) is 2.24. The van der Waals surface area contributed by atoms with Gasteiger partial charge in [-0.3, -0.25) is 14.9 Å². The molecule has 0 heterocycles. The molecule has 1 aliphatic carbocycles. The maximum absolute atomic E-state index is 14.9. The molecule has 0 aromatic heterocycles. The normalized spacial score (nSPS) is 23.3. The van der Waals surface area contributed by atoms with Crippen molar-refractivity contribution in [3.8, 4) is 0 Å². The van der Waals surface area contributed by atoms with E-state index in [1.807, 2.05) is 0 Å². The standard InChI is InChI=1S/C13H16FNO6/c1-2-21-12(18)10(11(16)17)9(8-15(19)20)13(14)6-4-3-5-7-13/h3-6,9-10H,2,7-8H2,1H3,(H,16,17)/p-1. The van der Waals surface area contributed by atoms with E-state index in [4.69, 9.17) is 0 Å². The van der Waals surface area contributed by atoms with Crippen LogP contribution in [0.5, 0.6) is 0 Å². The average molecular weight is 300 g/mol. The van der Waals surface area contributed by atoms with Crippen LogP contribution >= 0.6 is 0 Å². The number of carboxylic acids is 1. The van der Waals surface area contributed by atoms with Gasteiger partial charge in [0.25, 0.3) is 0 Å². The summed E-state index contributed by atoms with van der Waals surface area (Å²) >= 11 is 0. The van der Waals surface area contributed by atoms with Gasteiger partial charge >= 0.3 is 5.97 Å². The second-order valence-electron chi connectivity index (χ2n) is 4.59. The zero-order valence-corrected chi connectivity index (χ0v) is 11.4. The minimum Gasteiger partial charge on any atom is -0.549 e. The van der Waals surface area contributed by atoms with Crippen LogP contribution in [0.1, 0.15) is 13.3 Å². The summed E-state index contributed by atoms with van der Waals surface area (Å²) in [6, 6.07) is 0. The number of allylic oxidation sites excluding steroid dienone is 4. The van der Waals surface area contributed by atoms with E-state index in [-0.39, 0.29) is 13.0 Å². The van der Waals surface area contributed by atoms with Crippen LogP contribution in [0.25, 0.3) is 0 Å². The van der Waals surface area contributed by atoms with Crippen molar-refractivity contribution >= 4 is 11.9 Å². The highest BCUT2D eigenvalue weighted by Gasteiger charge is 2.48. The van der Waals surface area contributed by atoms with Gasteiger partial charge in [0.15, 0.2) is 0 Å². The molecule has 0 fully saturated rings. The predicted molar refractivity (Wildman–Crippen MR) is 67.2 cm³/mol. The molecule has 116 valence electrons. The lowest BCUT2D eigenvalue weighted by Gasteiger charge is -2.34. The summed E-state index contributed by atoms with van der Waals surface area (Å²) in [5.41, 5.74) is -2.32. The van der Waals surface area contributed by atoms with Gasteiger partial charge in [-0.1, -0.05) is 18.2 Å². The zero-order chi connectivity index (χ0) is 16.0. The number of nitro groups is 1. The number of esters is 1. The predicted octanol–water partition coefficient (Wildman–Crippen LogP) is 0.0329. The summed E-state index contributed by atoms with van der Waals surface area (Å²) in [5, 5.41) is 21.9. The van der Waals surface area contributed by atoms with Crippen LogP contribution in [0.2, 0.25) is 0 Å². The fraction of sp³-hybridized carbons (Fsp3) is 0.538. The number of carbonyl (C=O) groups is 2. The largest absolute Gasteiger partial charge is 0.549 e. The Balaban J connectivity index is 3.17. The van der Waals surface area contributed by atoms with Crippen LogP contribution in [0.3, 0.4) is 0 Å². The summed E-state index contributed by atoms with van der Waals surface area (Å²) in [5.74, 6) is -6.88. The van der Waals surface area contributed by atoms with E-state index in [2.05, 4.69) is 4.74 Å². The van der Waals surface area contributed by atoms with Gasteiger partial charge in [0.1, 0.15) is 11.6 Å². The van der Waals surface area contributed by atoms with Gasteiger partial charge in [0.05, 0.1) is 18.5 Å². The third-order valence-electron chi connectivity index (χ3n) is 3.21. The minimum absolute atomic E-state index is 0.122. The van der Waals surface area contributed by atoms with E-state index in [1.54, 1.807) is 0 Å². The average Bonchev–Trinajstić information content (AvgIpc) is 2.38. The van der Waals surface area contributed by atoms with Gasteiger partial charge in [-0.15, -0.1) is 0 Å². The van der Waals surface area contributed by atoms with Crippen LogP contribution in [-0.4, -0.2) is 35.7 Å². The van der Waals surface area contributed by atoms with Gasteiger partial charge in [0.2, 0.25) is 6.54 Å². The van der Waals surface area contributed by atoms with Crippen molar-refractivity contribution in [3.63, 3.8) is 0 Å². The Kier molecular flexibility index (Phi) is 5.57. The number of hydrogen-bond acceptors (Lipinski definition) is 6.